The van der Waals surface area contributed by atoms with E-state index in [0.717, 1.165) is 37.0 Å². The van der Waals surface area contributed by atoms with Crippen molar-refractivity contribution in [2.45, 2.75) is 57.9 Å². The van der Waals surface area contributed by atoms with Crippen LogP contribution in [0.25, 0.3) is 0 Å². The van der Waals surface area contributed by atoms with Crippen LogP contribution in [0.4, 0.5) is 0 Å². The molecule has 1 amide bonds. The average molecular weight is 265 g/mol. The SMILES string of the molecule is CC(=O)NC(CC(=O)O)C12CC3CC(CC(C3)C1)C2. The lowest BCUT2D eigenvalue weighted by atomic mass is 9.47. The Hall–Kier alpha value is -1.06. The molecule has 4 nitrogen and oxygen atoms in total. The van der Waals surface area contributed by atoms with E-state index >= 15 is 0 Å². The van der Waals surface area contributed by atoms with Gasteiger partial charge in [0.05, 0.1) is 6.42 Å². The normalized spacial score (nSPS) is 41.0. The van der Waals surface area contributed by atoms with E-state index in [1.807, 2.05) is 0 Å². The highest BCUT2D eigenvalue weighted by Crippen LogP contribution is 2.61. The lowest BCUT2D eigenvalue weighted by Gasteiger charge is -2.59. The first-order valence-electron chi connectivity index (χ1n) is 7.46. The maximum absolute atomic E-state index is 11.4. The van der Waals surface area contributed by atoms with E-state index in [-0.39, 0.29) is 23.8 Å². The van der Waals surface area contributed by atoms with E-state index in [1.165, 1.54) is 26.2 Å². The Morgan fingerprint density at radius 2 is 1.63 bits per heavy atom. The third kappa shape index (κ3) is 2.37. The minimum Gasteiger partial charge on any atom is -0.481 e. The Balaban J connectivity index is 1.83. The van der Waals surface area contributed by atoms with Crippen molar-refractivity contribution in [2.24, 2.45) is 23.2 Å². The molecule has 19 heavy (non-hydrogen) atoms. The van der Waals surface area contributed by atoms with Crippen molar-refractivity contribution in [3.63, 3.8) is 0 Å². The van der Waals surface area contributed by atoms with E-state index in [4.69, 9.17) is 5.11 Å². The molecular weight excluding hydrogens is 242 g/mol. The summed E-state index contributed by atoms with van der Waals surface area (Å²) in [4.78, 5) is 22.6. The Kier molecular flexibility index (Phi) is 3.06. The number of aliphatic carboxylic acids is 1. The fourth-order valence-corrected chi connectivity index (χ4v) is 5.45. The van der Waals surface area contributed by atoms with E-state index in [2.05, 4.69) is 5.32 Å². The van der Waals surface area contributed by atoms with Crippen LogP contribution in [-0.4, -0.2) is 23.0 Å². The number of nitrogens with one attached hydrogen (secondary N) is 1. The van der Waals surface area contributed by atoms with Crippen molar-refractivity contribution < 1.29 is 14.7 Å². The fraction of sp³-hybridized carbons (Fsp3) is 0.867. The van der Waals surface area contributed by atoms with Crippen LogP contribution in [0.2, 0.25) is 0 Å². The van der Waals surface area contributed by atoms with Gasteiger partial charge in [-0.2, -0.15) is 0 Å². The lowest BCUT2D eigenvalue weighted by Crippen LogP contribution is -2.57. The summed E-state index contributed by atoms with van der Waals surface area (Å²) in [6, 6.07) is -0.170. The minimum atomic E-state index is -0.797. The summed E-state index contributed by atoms with van der Waals surface area (Å²) in [5.74, 6) is 1.43. The van der Waals surface area contributed by atoms with Gasteiger partial charge in [-0.1, -0.05) is 0 Å². The molecule has 4 bridgehead atoms. The second kappa shape index (κ2) is 4.50. The van der Waals surface area contributed by atoms with Gasteiger partial charge in [0.2, 0.25) is 5.91 Å². The highest BCUT2D eigenvalue weighted by Gasteiger charge is 2.54. The van der Waals surface area contributed by atoms with Crippen LogP contribution in [0, 0.1) is 23.2 Å². The molecule has 1 unspecified atom stereocenters. The summed E-state index contributed by atoms with van der Waals surface area (Å²) >= 11 is 0. The van der Waals surface area contributed by atoms with E-state index < -0.39 is 5.97 Å². The molecule has 4 aliphatic rings. The van der Waals surface area contributed by atoms with Gasteiger partial charge >= 0.3 is 5.97 Å². The fourth-order valence-electron chi connectivity index (χ4n) is 5.45. The third-order valence-corrected chi connectivity index (χ3v) is 5.58. The summed E-state index contributed by atoms with van der Waals surface area (Å²) in [6.07, 6.45) is 7.44. The maximum Gasteiger partial charge on any atom is 0.305 e. The van der Waals surface area contributed by atoms with Crippen LogP contribution in [0.3, 0.4) is 0 Å². The largest absolute Gasteiger partial charge is 0.481 e. The van der Waals surface area contributed by atoms with Gasteiger partial charge in [0.1, 0.15) is 0 Å². The number of carbonyl (C=O) groups is 2. The molecule has 0 heterocycles. The molecule has 0 radical (unpaired) electrons. The van der Waals surface area contributed by atoms with Crippen molar-refractivity contribution in [3.8, 4) is 0 Å². The van der Waals surface area contributed by atoms with Crippen molar-refractivity contribution in [1.82, 2.24) is 5.32 Å². The molecule has 2 N–H and O–H groups in total. The van der Waals surface area contributed by atoms with Crippen LogP contribution in [0.15, 0.2) is 0 Å². The first-order chi connectivity index (χ1) is 8.97. The van der Waals surface area contributed by atoms with Crippen LogP contribution in [0.5, 0.6) is 0 Å². The molecule has 1 atom stereocenters. The van der Waals surface area contributed by atoms with Crippen molar-refractivity contribution in [3.05, 3.63) is 0 Å². The first-order valence-corrected chi connectivity index (χ1v) is 7.46. The zero-order valence-corrected chi connectivity index (χ0v) is 11.5. The van der Waals surface area contributed by atoms with Gasteiger partial charge in [-0.25, -0.2) is 0 Å². The molecule has 4 fully saturated rings. The van der Waals surface area contributed by atoms with E-state index in [9.17, 15) is 9.59 Å². The Morgan fingerprint density at radius 1 is 1.16 bits per heavy atom. The molecule has 4 aliphatic carbocycles. The molecule has 4 saturated carbocycles. The summed E-state index contributed by atoms with van der Waals surface area (Å²) in [6.45, 7) is 1.50. The van der Waals surface area contributed by atoms with Crippen molar-refractivity contribution in [1.29, 1.82) is 0 Å². The first kappa shape index (κ1) is 12.9. The molecular formula is C15H23NO3. The Bertz CT molecular complexity index is 353. The number of hydrogen-bond acceptors (Lipinski definition) is 2. The third-order valence-electron chi connectivity index (χ3n) is 5.58. The van der Waals surface area contributed by atoms with Crippen molar-refractivity contribution in [2.75, 3.05) is 0 Å². The lowest BCUT2D eigenvalue weighted by molar-refractivity contribution is -0.142. The quantitative estimate of drug-likeness (QED) is 0.818. The maximum atomic E-state index is 11.4. The molecule has 106 valence electrons. The number of carboxylic acids is 1. The number of hydrogen-bond donors (Lipinski definition) is 2. The summed E-state index contributed by atoms with van der Waals surface area (Å²) in [5, 5.41) is 12.1. The molecule has 4 rings (SSSR count). The predicted molar refractivity (Wildman–Crippen MR) is 70.5 cm³/mol. The molecule has 4 heteroatoms. The standard InChI is InChI=1S/C15H23NO3/c1-9(17)16-13(5-14(18)19)15-6-10-2-11(7-15)4-12(3-10)8-15/h10-13H,2-8H2,1H3,(H,16,17)(H,18,19). The van der Waals surface area contributed by atoms with Gasteiger partial charge in [0.15, 0.2) is 0 Å². The molecule has 0 aliphatic heterocycles. The predicted octanol–water partition coefficient (Wildman–Crippen LogP) is 2.18. The topological polar surface area (TPSA) is 66.4 Å². The summed E-state index contributed by atoms with van der Waals surface area (Å²) in [5.41, 5.74) is 0.0683. The molecule has 0 aromatic carbocycles. The van der Waals surface area contributed by atoms with Gasteiger partial charge in [-0.15, -0.1) is 0 Å². The molecule has 0 saturated heterocycles. The smallest absolute Gasteiger partial charge is 0.305 e. The average Bonchev–Trinajstić information content (AvgIpc) is 2.24. The minimum absolute atomic E-state index is 0.0683. The Morgan fingerprint density at radius 3 is 2.00 bits per heavy atom. The second-order valence-corrected chi connectivity index (χ2v) is 7.13. The Labute approximate surface area is 113 Å². The van der Waals surface area contributed by atoms with Crippen LogP contribution in [-0.2, 0) is 9.59 Å². The van der Waals surface area contributed by atoms with Crippen LogP contribution in [0.1, 0.15) is 51.9 Å². The number of carbonyl (C=O) groups excluding carboxylic acids is 1. The number of amides is 1. The van der Waals surface area contributed by atoms with Gasteiger partial charge in [-0.3, -0.25) is 9.59 Å². The van der Waals surface area contributed by atoms with Gasteiger partial charge in [-0.05, 0) is 61.7 Å². The van der Waals surface area contributed by atoms with Crippen molar-refractivity contribution >= 4 is 11.9 Å². The number of carboxylic acid groups (broad SMARTS) is 1. The van der Waals surface area contributed by atoms with Gasteiger partial charge in [0.25, 0.3) is 0 Å². The highest BCUT2D eigenvalue weighted by molar-refractivity contribution is 5.75. The number of rotatable bonds is 4. The van der Waals surface area contributed by atoms with E-state index in [1.54, 1.807) is 0 Å². The monoisotopic (exact) mass is 265 g/mol. The van der Waals surface area contributed by atoms with Gasteiger partial charge in [0, 0.05) is 13.0 Å². The summed E-state index contributed by atoms with van der Waals surface area (Å²) < 4.78 is 0. The zero-order valence-electron chi connectivity index (χ0n) is 11.5. The molecule has 0 aromatic rings. The zero-order chi connectivity index (χ0) is 13.6. The molecule has 0 aromatic heterocycles. The van der Waals surface area contributed by atoms with Gasteiger partial charge < -0.3 is 10.4 Å². The molecule has 0 spiro atoms. The highest BCUT2D eigenvalue weighted by atomic mass is 16.4. The van der Waals surface area contributed by atoms with E-state index in [0.29, 0.717) is 0 Å². The van der Waals surface area contributed by atoms with Crippen LogP contribution >= 0.6 is 0 Å². The second-order valence-electron chi connectivity index (χ2n) is 7.13. The van der Waals surface area contributed by atoms with Crippen LogP contribution < -0.4 is 5.32 Å². The summed E-state index contributed by atoms with van der Waals surface area (Å²) in [7, 11) is 0.